The largest absolute Gasteiger partial charge is 0.468 e. The molecule has 0 saturated heterocycles. The van der Waals surface area contributed by atoms with Gasteiger partial charge in [-0.25, -0.2) is 0 Å². The molecule has 0 aromatic carbocycles. The molecule has 2 atom stereocenters. The molecule has 0 amide bonds. The van der Waals surface area contributed by atoms with Gasteiger partial charge in [0.25, 0.3) is 0 Å². The molecule has 16 heavy (non-hydrogen) atoms. The van der Waals surface area contributed by atoms with Gasteiger partial charge in [0.05, 0.1) is 13.2 Å². The highest BCUT2D eigenvalue weighted by Gasteiger charge is 2.29. The fourth-order valence-corrected chi connectivity index (χ4v) is 1.54. The van der Waals surface area contributed by atoms with Gasteiger partial charge in [0.1, 0.15) is 5.54 Å². The van der Waals surface area contributed by atoms with Crippen LogP contribution in [0.4, 0.5) is 0 Å². The molecular formula is C12H25NO3. The summed E-state index contributed by atoms with van der Waals surface area (Å²) >= 11 is 0. The van der Waals surface area contributed by atoms with Crippen molar-refractivity contribution in [2.45, 2.75) is 52.2 Å². The summed E-state index contributed by atoms with van der Waals surface area (Å²) < 4.78 is 10.2. The maximum atomic E-state index is 11.3. The van der Waals surface area contributed by atoms with Crippen LogP contribution in [0.1, 0.15) is 40.5 Å². The number of hydrogen-bond acceptors (Lipinski definition) is 4. The minimum atomic E-state index is -0.952. The summed E-state index contributed by atoms with van der Waals surface area (Å²) in [7, 11) is 1.34. The van der Waals surface area contributed by atoms with Crippen molar-refractivity contribution in [3.8, 4) is 0 Å². The minimum Gasteiger partial charge on any atom is -0.468 e. The Bertz CT molecular complexity index is 214. The van der Waals surface area contributed by atoms with Gasteiger partial charge in [0.2, 0.25) is 0 Å². The van der Waals surface area contributed by atoms with Gasteiger partial charge in [-0.15, -0.1) is 0 Å². The number of esters is 1. The van der Waals surface area contributed by atoms with Gasteiger partial charge < -0.3 is 15.2 Å². The summed E-state index contributed by atoms with van der Waals surface area (Å²) in [6, 6.07) is 0. The van der Waals surface area contributed by atoms with Crippen LogP contribution >= 0.6 is 0 Å². The number of methoxy groups -OCH3 is 1. The Kier molecular flexibility index (Phi) is 6.60. The molecular weight excluding hydrogens is 206 g/mol. The topological polar surface area (TPSA) is 61.5 Å². The van der Waals surface area contributed by atoms with Crippen molar-refractivity contribution in [3.05, 3.63) is 0 Å². The van der Waals surface area contributed by atoms with Crippen LogP contribution in [0.3, 0.4) is 0 Å². The molecule has 4 nitrogen and oxygen atoms in total. The van der Waals surface area contributed by atoms with Gasteiger partial charge in [-0.3, -0.25) is 4.79 Å². The Morgan fingerprint density at radius 1 is 1.38 bits per heavy atom. The second-order valence-electron chi connectivity index (χ2n) is 4.97. The van der Waals surface area contributed by atoms with Crippen LogP contribution in [-0.2, 0) is 14.3 Å². The normalized spacial score (nSPS) is 16.9. The summed E-state index contributed by atoms with van der Waals surface area (Å²) in [4.78, 5) is 11.3. The van der Waals surface area contributed by atoms with Crippen molar-refractivity contribution in [3.63, 3.8) is 0 Å². The van der Waals surface area contributed by atoms with E-state index >= 15 is 0 Å². The number of nitrogens with two attached hydrogens (primary N) is 1. The lowest BCUT2D eigenvalue weighted by atomic mass is 10.0. The second kappa shape index (κ2) is 6.86. The predicted molar refractivity (Wildman–Crippen MR) is 64.1 cm³/mol. The van der Waals surface area contributed by atoms with E-state index in [0.29, 0.717) is 18.9 Å². The van der Waals surface area contributed by atoms with Crippen LogP contribution in [0, 0.1) is 5.92 Å². The number of rotatable bonds is 7. The van der Waals surface area contributed by atoms with E-state index in [1.165, 1.54) is 7.11 Å². The summed E-state index contributed by atoms with van der Waals surface area (Å²) in [6.45, 7) is 8.49. The third kappa shape index (κ3) is 6.08. The molecule has 0 aromatic heterocycles. The number of carbonyl (C=O) groups is 1. The van der Waals surface area contributed by atoms with Gasteiger partial charge in [-0.1, -0.05) is 13.8 Å². The molecule has 2 unspecified atom stereocenters. The molecule has 0 radical (unpaired) electrons. The standard InChI is InChI=1S/C12H25NO3/c1-9(2)8-10(3)16-7-6-12(4,13)11(14)15-5/h9-10H,6-8,13H2,1-5H3. The van der Waals surface area contributed by atoms with Crippen molar-refractivity contribution in [2.24, 2.45) is 11.7 Å². The third-order valence-electron chi connectivity index (χ3n) is 2.48. The SMILES string of the molecule is COC(=O)C(C)(N)CCOC(C)CC(C)C. The van der Waals surface area contributed by atoms with Crippen LogP contribution in [0.5, 0.6) is 0 Å². The maximum absolute atomic E-state index is 11.3. The van der Waals surface area contributed by atoms with Crippen molar-refractivity contribution in [1.29, 1.82) is 0 Å². The molecule has 0 aromatic rings. The molecule has 4 heteroatoms. The maximum Gasteiger partial charge on any atom is 0.325 e. The monoisotopic (exact) mass is 231 g/mol. The van der Waals surface area contributed by atoms with E-state index < -0.39 is 11.5 Å². The van der Waals surface area contributed by atoms with Crippen LogP contribution in [0.25, 0.3) is 0 Å². The first-order valence-electron chi connectivity index (χ1n) is 5.78. The van der Waals surface area contributed by atoms with E-state index in [0.717, 1.165) is 6.42 Å². The lowest BCUT2D eigenvalue weighted by molar-refractivity contribution is -0.147. The van der Waals surface area contributed by atoms with Gasteiger partial charge >= 0.3 is 5.97 Å². The molecule has 0 aliphatic carbocycles. The number of ether oxygens (including phenoxy) is 2. The Morgan fingerprint density at radius 3 is 2.38 bits per heavy atom. The molecule has 0 spiro atoms. The summed E-state index contributed by atoms with van der Waals surface area (Å²) in [5, 5.41) is 0. The van der Waals surface area contributed by atoms with Gasteiger partial charge in [-0.05, 0) is 32.6 Å². The van der Waals surface area contributed by atoms with E-state index in [4.69, 9.17) is 10.5 Å². The quantitative estimate of drug-likeness (QED) is 0.678. The summed E-state index contributed by atoms with van der Waals surface area (Å²) in [5.41, 5.74) is 4.85. The lowest BCUT2D eigenvalue weighted by Gasteiger charge is -2.22. The van der Waals surface area contributed by atoms with Crippen molar-refractivity contribution >= 4 is 5.97 Å². The highest BCUT2D eigenvalue weighted by Crippen LogP contribution is 2.11. The highest BCUT2D eigenvalue weighted by atomic mass is 16.5. The van der Waals surface area contributed by atoms with E-state index in [2.05, 4.69) is 18.6 Å². The Balaban J connectivity index is 3.84. The zero-order chi connectivity index (χ0) is 12.8. The van der Waals surface area contributed by atoms with E-state index in [9.17, 15) is 4.79 Å². The molecule has 0 aliphatic heterocycles. The Hall–Kier alpha value is -0.610. The van der Waals surface area contributed by atoms with Crippen molar-refractivity contribution in [2.75, 3.05) is 13.7 Å². The molecule has 2 N–H and O–H groups in total. The average molecular weight is 231 g/mol. The Morgan fingerprint density at radius 2 is 1.94 bits per heavy atom. The van der Waals surface area contributed by atoms with Crippen LogP contribution < -0.4 is 5.73 Å². The zero-order valence-electron chi connectivity index (χ0n) is 11.1. The predicted octanol–water partition coefficient (Wildman–Crippen LogP) is 1.72. The number of carbonyl (C=O) groups excluding carboxylic acids is 1. The molecule has 0 rings (SSSR count). The van der Waals surface area contributed by atoms with Crippen molar-refractivity contribution < 1.29 is 14.3 Å². The molecule has 96 valence electrons. The van der Waals surface area contributed by atoms with Crippen molar-refractivity contribution in [1.82, 2.24) is 0 Å². The first kappa shape index (κ1) is 15.4. The van der Waals surface area contributed by atoms with Gasteiger partial charge in [0.15, 0.2) is 0 Å². The first-order chi connectivity index (χ1) is 7.29. The van der Waals surface area contributed by atoms with E-state index in [1.807, 2.05) is 6.92 Å². The van der Waals surface area contributed by atoms with Gasteiger partial charge in [0, 0.05) is 6.61 Å². The smallest absolute Gasteiger partial charge is 0.325 e. The fourth-order valence-electron chi connectivity index (χ4n) is 1.54. The van der Waals surface area contributed by atoms with Crippen LogP contribution in [0.15, 0.2) is 0 Å². The highest BCUT2D eigenvalue weighted by molar-refractivity contribution is 5.79. The Labute approximate surface area is 98.5 Å². The van der Waals surface area contributed by atoms with E-state index in [1.54, 1.807) is 6.92 Å². The lowest BCUT2D eigenvalue weighted by Crippen LogP contribution is -2.46. The minimum absolute atomic E-state index is 0.202. The summed E-state index contributed by atoms with van der Waals surface area (Å²) in [6.07, 6.45) is 1.69. The van der Waals surface area contributed by atoms with E-state index in [-0.39, 0.29) is 6.10 Å². The second-order valence-corrected chi connectivity index (χ2v) is 4.97. The van der Waals surface area contributed by atoms with Crippen LogP contribution in [0.2, 0.25) is 0 Å². The number of hydrogen-bond donors (Lipinski definition) is 1. The third-order valence-corrected chi connectivity index (χ3v) is 2.48. The molecule has 0 saturated carbocycles. The first-order valence-corrected chi connectivity index (χ1v) is 5.78. The summed E-state index contributed by atoms with van der Waals surface area (Å²) in [5.74, 6) is 0.215. The average Bonchev–Trinajstić information content (AvgIpc) is 2.14. The molecule has 0 heterocycles. The zero-order valence-corrected chi connectivity index (χ0v) is 11.1. The fraction of sp³-hybridized carbons (Fsp3) is 0.917. The van der Waals surface area contributed by atoms with Gasteiger partial charge in [-0.2, -0.15) is 0 Å². The molecule has 0 bridgehead atoms. The van der Waals surface area contributed by atoms with Crippen LogP contribution in [-0.4, -0.2) is 31.3 Å². The molecule has 0 aliphatic rings. The molecule has 0 fully saturated rings.